The van der Waals surface area contributed by atoms with Gasteiger partial charge in [0.15, 0.2) is 0 Å². The van der Waals surface area contributed by atoms with Crippen LogP contribution in [0.5, 0.6) is 0 Å². The van der Waals surface area contributed by atoms with Crippen molar-refractivity contribution in [3.05, 3.63) is 63.9 Å². The summed E-state index contributed by atoms with van der Waals surface area (Å²) in [7, 11) is 0. The Balaban J connectivity index is 1.99. The molecule has 0 saturated heterocycles. The van der Waals surface area contributed by atoms with E-state index in [2.05, 4.69) is 10.4 Å². The van der Waals surface area contributed by atoms with Gasteiger partial charge < -0.3 is 9.73 Å². The first-order valence-corrected chi connectivity index (χ1v) is 8.91. The SMILES string of the molecule is CCNC(=O)Cn1nc2c3ccccc3oc(-c3ccc(Cl)cc3)c-2c1=O. The highest BCUT2D eigenvalue weighted by molar-refractivity contribution is 6.30. The molecule has 2 aliphatic rings. The maximum absolute atomic E-state index is 13.0. The van der Waals surface area contributed by atoms with Crippen molar-refractivity contribution in [2.24, 2.45) is 0 Å². The Kier molecular flexibility index (Phi) is 4.41. The van der Waals surface area contributed by atoms with Gasteiger partial charge in [-0.3, -0.25) is 9.59 Å². The fraction of sp³-hybridized carbons (Fsp3) is 0.150. The minimum atomic E-state index is -0.365. The summed E-state index contributed by atoms with van der Waals surface area (Å²) in [5, 5.41) is 8.41. The Morgan fingerprint density at radius 3 is 2.67 bits per heavy atom. The van der Waals surface area contributed by atoms with Crippen molar-refractivity contribution < 1.29 is 9.21 Å². The topological polar surface area (TPSA) is 77.1 Å². The van der Waals surface area contributed by atoms with E-state index >= 15 is 0 Å². The Labute approximate surface area is 159 Å². The number of likely N-dealkylation sites (N-methyl/N-ethyl adjacent to an activating group) is 1. The molecule has 0 aromatic heterocycles. The molecule has 0 bridgehead atoms. The summed E-state index contributed by atoms with van der Waals surface area (Å²) in [4.78, 5) is 25.0. The molecule has 0 atom stereocenters. The average molecular weight is 382 g/mol. The van der Waals surface area contributed by atoms with Crippen LogP contribution >= 0.6 is 11.6 Å². The third kappa shape index (κ3) is 3.08. The molecule has 27 heavy (non-hydrogen) atoms. The molecule has 1 amide bonds. The molecule has 0 saturated carbocycles. The van der Waals surface area contributed by atoms with E-state index in [4.69, 9.17) is 16.0 Å². The molecule has 2 heterocycles. The van der Waals surface area contributed by atoms with E-state index in [1.165, 1.54) is 4.68 Å². The van der Waals surface area contributed by atoms with Crippen LogP contribution in [0.4, 0.5) is 0 Å². The van der Waals surface area contributed by atoms with Gasteiger partial charge >= 0.3 is 0 Å². The Bertz CT molecular complexity index is 1160. The van der Waals surface area contributed by atoms with Gasteiger partial charge in [-0.05, 0) is 43.3 Å². The van der Waals surface area contributed by atoms with Gasteiger partial charge in [-0.15, -0.1) is 0 Å². The number of amides is 1. The second-order valence-electron chi connectivity index (χ2n) is 6.07. The second-order valence-corrected chi connectivity index (χ2v) is 6.51. The largest absolute Gasteiger partial charge is 0.455 e. The normalized spacial score (nSPS) is 11.2. The van der Waals surface area contributed by atoms with Gasteiger partial charge in [0.1, 0.15) is 29.1 Å². The fourth-order valence-electron chi connectivity index (χ4n) is 3.05. The van der Waals surface area contributed by atoms with E-state index in [1.807, 2.05) is 31.2 Å². The average Bonchev–Trinajstić information content (AvgIpc) is 2.99. The zero-order valence-electron chi connectivity index (χ0n) is 14.5. The van der Waals surface area contributed by atoms with Crippen LogP contribution in [-0.4, -0.2) is 22.2 Å². The van der Waals surface area contributed by atoms with Crippen LogP contribution in [-0.2, 0) is 11.3 Å². The number of carbonyl (C=O) groups is 1. The predicted octanol–water partition coefficient (Wildman–Crippen LogP) is 3.55. The number of hydrogen-bond acceptors (Lipinski definition) is 4. The molecule has 2 aromatic carbocycles. The quantitative estimate of drug-likeness (QED) is 0.586. The van der Waals surface area contributed by atoms with E-state index in [9.17, 15) is 9.59 Å². The lowest BCUT2D eigenvalue weighted by Crippen LogP contribution is -2.31. The smallest absolute Gasteiger partial charge is 0.280 e. The van der Waals surface area contributed by atoms with Gasteiger partial charge in [-0.2, -0.15) is 5.10 Å². The van der Waals surface area contributed by atoms with E-state index in [-0.39, 0.29) is 18.0 Å². The molecule has 1 N–H and O–H groups in total. The molecule has 0 aliphatic carbocycles. The molecule has 2 aliphatic heterocycles. The minimum absolute atomic E-state index is 0.143. The van der Waals surface area contributed by atoms with Gasteiger partial charge in [0.2, 0.25) is 5.91 Å². The van der Waals surface area contributed by atoms with Crippen molar-refractivity contribution in [2.45, 2.75) is 13.5 Å². The van der Waals surface area contributed by atoms with Crippen molar-refractivity contribution >= 4 is 28.5 Å². The number of para-hydroxylation sites is 1. The van der Waals surface area contributed by atoms with Crippen molar-refractivity contribution in [2.75, 3.05) is 6.54 Å². The Morgan fingerprint density at radius 2 is 1.93 bits per heavy atom. The van der Waals surface area contributed by atoms with E-state index in [0.717, 1.165) is 5.39 Å². The van der Waals surface area contributed by atoms with Gasteiger partial charge in [0, 0.05) is 22.5 Å². The summed E-state index contributed by atoms with van der Waals surface area (Å²) in [5.74, 6) is 0.143. The van der Waals surface area contributed by atoms with E-state index in [1.54, 1.807) is 24.3 Å². The van der Waals surface area contributed by atoms with Crippen LogP contribution in [0, 0.1) is 0 Å². The first kappa shape index (κ1) is 17.3. The molecule has 6 nitrogen and oxygen atoms in total. The summed E-state index contributed by atoms with van der Waals surface area (Å²) < 4.78 is 7.23. The van der Waals surface area contributed by atoms with Gasteiger partial charge in [0.05, 0.1) is 0 Å². The Hall–Kier alpha value is -3.12. The summed E-state index contributed by atoms with van der Waals surface area (Å²) in [6, 6.07) is 14.4. The molecule has 7 heteroatoms. The van der Waals surface area contributed by atoms with Crippen LogP contribution in [0.3, 0.4) is 0 Å². The number of benzene rings is 2. The summed E-state index contributed by atoms with van der Waals surface area (Å²) in [6.07, 6.45) is 0. The van der Waals surface area contributed by atoms with Gasteiger partial charge in [-0.1, -0.05) is 23.7 Å². The van der Waals surface area contributed by atoms with Crippen LogP contribution in [0.1, 0.15) is 6.92 Å². The lowest BCUT2D eigenvalue weighted by Gasteiger charge is -2.08. The Morgan fingerprint density at radius 1 is 1.19 bits per heavy atom. The first-order chi connectivity index (χ1) is 13.1. The van der Waals surface area contributed by atoms with E-state index in [0.29, 0.717) is 39.7 Å². The molecule has 0 unspecified atom stereocenters. The van der Waals surface area contributed by atoms with Crippen molar-refractivity contribution in [1.82, 2.24) is 15.1 Å². The van der Waals surface area contributed by atoms with Crippen molar-refractivity contribution in [1.29, 1.82) is 0 Å². The second kappa shape index (κ2) is 6.89. The zero-order valence-corrected chi connectivity index (χ0v) is 15.3. The molecule has 2 aromatic rings. The van der Waals surface area contributed by atoms with Crippen LogP contribution in [0.15, 0.2) is 57.7 Å². The van der Waals surface area contributed by atoms with E-state index < -0.39 is 0 Å². The first-order valence-electron chi connectivity index (χ1n) is 8.53. The number of fused-ring (bicyclic) bond motifs is 3. The molecule has 0 spiro atoms. The van der Waals surface area contributed by atoms with Crippen LogP contribution in [0.2, 0.25) is 5.02 Å². The summed E-state index contributed by atoms with van der Waals surface area (Å²) in [6.45, 7) is 2.17. The third-order valence-electron chi connectivity index (χ3n) is 4.26. The number of carbonyl (C=O) groups excluding carboxylic acids is 1. The van der Waals surface area contributed by atoms with Crippen molar-refractivity contribution in [3.63, 3.8) is 0 Å². The fourth-order valence-corrected chi connectivity index (χ4v) is 3.18. The number of aromatic nitrogens is 2. The number of rotatable bonds is 4. The molecule has 4 rings (SSSR count). The van der Waals surface area contributed by atoms with Gasteiger partial charge in [-0.25, -0.2) is 4.68 Å². The highest BCUT2D eigenvalue weighted by Gasteiger charge is 2.26. The zero-order chi connectivity index (χ0) is 19.0. The van der Waals surface area contributed by atoms with Crippen LogP contribution < -0.4 is 10.9 Å². The monoisotopic (exact) mass is 381 g/mol. The molecule has 0 fully saturated rings. The maximum Gasteiger partial charge on any atom is 0.280 e. The molecule has 0 radical (unpaired) electrons. The summed E-state index contributed by atoms with van der Waals surface area (Å²) in [5.41, 5.74) is 1.81. The minimum Gasteiger partial charge on any atom is -0.455 e. The lowest BCUT2D eigenvalue weighted by molar-refractivity contribution is -0.121. The predicted molar refractivity (Wildman–Crippen MR) is 104 cm³/mol. The molecular weight excluding hydrogens is 366 g/mol. The highest BCUT2D eigenvalue weighted by Crippen LogP contribution is 2.36. The maximum atomic E-state index is 13.0. The van der Waals surface area contributed by atoms with Gasteiger partial charge in [0.25, 0.3) is 5.56 Å². The standard InChI is InChI=1S/C20H16ClN3O3/c1-2-22-16(25)11-24-20(26)17-18(23-24)14-5-3-4-6-15(14)27-19(17)12-7-9-13(21)10-8-12/h3-10H,2,11H2,1H3,(H,22,25). The number of halogens is 1. The summed E-state index contributed by atoms with van der Waals surface area (Å²) >= 11 is 5.98. The molecule has 136 valence electrons. The number of nitrogens with one attached hydrogen (secondary N) is 1. The number of nitrogens with zero attached hydrogens (tertiary/aromatic N) is 2. The highest BCUT2D eigenvalue weighted by atomic mass is 35.5. The number of hydrogen-bond donors (Lipinski definition) is 1. The molecular formula is C20H16ClN3O3. The van der Waals surface area contributed by atoms with Crippen molar-refractivity contribution in [3.8, 4) is 22.6 Å². The lowest BCUT2D eigenvalue weighted by atomic mass is 10.0. The third-order valence-corrected chi connectivity index (χ3v) is 4.51. The van der Waals surface area contributed by atoms with Crippen LogP contribution in [0.25, 0.3) is 33.6 Å².